The summed E-state index contributed by atoms with van der Waals surface area (Å²) >= 11 is 0. The first-order valence-electron chi connectivity index (χ1n) is 5.94. The molecule has 98 valence electrons. The molecule has 0 aliphatic rings. The Hall–Kier alpha value is -2.56. The van der Waals surface area contributed by atoms with Crippen molar-refractivity contribution in [1.29, 1.82) is 0 Å². The lowest BCUT2D eigenvalue weighted by molar-refractivity contribution is -0.121. The number of hydrogen-bond acceptors (Lipinski definition) is 2. The summed E-state index contributed by atoms with van der Waals surface area (Å²) in [6, 6.07) is 11.0. The highest BCUT2D eigenvalue weighted by atomic mass is 16.2. The fourth-order valence-electron chi connectivity index (χ4n) is 1.69. The summed E-state index contributed by atoms with van der Waals surface area (Å²) in [6.45, 7) is 1.94. The second-order valence-corrected chi connectivity index (χ2v) is 4.19. The van der Waals surface area contributed by atoms with Crippen LogP contribution in [0.15, 0.2) is 42.6 Å². The van der Waals surface area contributed by atoms with Crippen LogP contribution < -0.4 is 10.9 Å². The van der Waals surface area contributed by atoms with Crippen LogP contribution in [-0.2, 0) is 11.2 Å². The summed E-state index contributed by atoms with van der Waals surface area (Å²) < 4.78 is 0. The number of H-pyrrole nitrogens is 1. The first-order chi connectivity index (χ1) is 9.16. The van der Waals surface area contributed by atoms with Gasteiger partial charge in [-0.2, -0.15) is 0 Å². The molecule has 0 saturated heterocycles. The van der Waals surface area contributed by atoms with Gasteiger partial charge in [-0.25, -0.2) is 0 Å². The van der Waals surface area contributed by atoms with Crippen LogP contribution in [0.3, 0.4) is 0 Å². The van der Waals surface area contributed by atoms with Gasteiger partial charge in [-0.05, 0) is 30.2 Å². The summed E-state index contributed by atoms with van der Waals surface area (Å²) in [5, 5.41) is 0. The van der Waals surface area contributed by atoms with E-state index < -0.39 is 0 Å². The molecule has 0 unspecified atom stereocenters. The van der Waals surface area contributed by atoms with Crippen molar-refractivity contribution in [2.75, 3.05) is 0 Å². The van der Waals surface area contributed by atoms with Gasteiger partial charge in [0.25, 0.3) is 5.91 Å². The van der Waals surface area contributed by atoms with Crippen LogP contribution in [0.1, 0.15) is 21.6 Å². The minimum absolute atomic E-state index is 0.234. The van der Waals surface area contributed by atoms with E-state index in [0.717, 1.165) is 11.1 Å². The fourth-order valence-corrected chi connectivity index (χ4v) is 1.69. The SMILES string of the molecule is Cc1ccccc1CC(=O)NNC(=O)c1ccc[nH]1. The molecule has 19 heavy (non-hydrogen) atoms. The Morgan fingerprint density at radius 1 is 1.11 bits per heavy atom. The number of benzene rings is 1. The van der Waals surface area contributed by atoms with E-state index in [1.807, 2.05) is 31.2 Å². The van der Waals surface area contributed by atoms with Gasteiger partial charge in [0, 0.05) is 6.20 Å². The lowest BCUT2D eigenvalue weighted by Crippen LogP contribution is -2.42. The molecule has 1 heterocycles. The van der Waals surface area contributed by atoms with Gasteiger partial charge in [-0.15, -0.1) is 0 Å². The van der Waals surface area contributed by atoms with E-state index in [4.69, 9.17) is 0 Å². The van der Waals surface area contributed by atoms with E-state index in [9.17, 15) is 9.59 Å². The van der Waals surface area contributed by atoms with Crippen LogP contribution in [0.4, 0.5) is 0 Å². The zero-order chi connectivity index (χ0) is 13.7. The average molecular weight is 257 g/mol. The largest absolute Gasteiger partial charge is 0.357 e. The molecule has 0 fully saturated rings. The quantitative estimate of drug-likeness (QED) is 0.726. The predicted octanol–water partition coefficient (Wildman–Crippen LogP) is 1.33. The minimum atomic E-state index is -0.372. The lowest BCUT2D eigenvalue weighted by atomic mass is 10.1. The molecule has 2 aromatic rings. The van der Waals surface area contributed by atoms with Crippen molar-refractivity contribution in [2.45, 2.75) is 13.3 Å². The molecular formula is C14H15N3O2. The number of rotatable bonds is 3. The third-order valence-electron chi connectivity index (χ3n) is 2.77. The lowest BCUT2D eigenvalue weighted by Gasteiger charge is -2.08. The maximum absolute atomic E-state index is 11.7. The van der Waals surface area contributed by atoms with Crippen molar-refractivity contribution in [1.82, 2.24) is 15.8 Å². The van der Waals surface area contributed by atoms with Crippen LogP contribution >= 0.6 is 0 Å². The van der Waals surface area contributed by atoms with Gasteiger partial charge in [-0.1, -0.05) is 24.3 Å². The number of aryl methyl sites for hydroxylation is 1. The Morgan fingerprint density at radius 2 is 1.89 bits per heavy atom. The van der Waals surface area contributed by atoms with E-state index in [0.29, 0.717) is 5.69 Å². The molecule has 0 saturated carbocycles. The first-order valence-corrected chi connectivity index (χ1v) is 5.94. The van der Waals surface area contributed by atoms with E-state index in [2.05, 4.69) is 15.8 Å². The molecule has 1 aromatic heterocycles. The number of nitrogens with one attached hydrogen (secondary N) is 3. The standard InChI is InChI=1S/C14H15N3O2/c1-10-5-2-3-6-11(10)9-13(18)16-17-14(19)12-7-4-8-15-12/h2-8,15H,9H2,1H3,(H,16,18)(H,17,19). The Labute approximate surface area is 111 Å². The summed E-state index contributed by atoms with van der Waals surface area (Å²) in [5.74, 6) is -0.627. The van der Waals surface area contributed by atoms with Crippen molar-refractivity contribution in [2.24, 2.45) is 0 Å². The second kappa shape index (κ2) is 5.86. The van der Waals surface area contributed by atoms with Crippen molar-refractivity contribution < 1.29 is 9.59 Å². The molecule has 0 bridgehead atoms. The Kier molecular flexibility index (Phi) is 3.97. The monoisotopic (exact) mass is 257 g/mol. The number of carbonyl (C=O) groups is 2. The first kappa shape index (κ1) is 12.9. The highest BCUT2D eigenvalue weighted by molar-refractivity contribution is 5.93. The van der Waals surface area contributed by atoms with E-state index in [1.54, 1.807) is 18.3 Å². The normalized spacial score (nSPS) is 9.95. The van der Waals surface area contributed by atoms with E-state index in [-0.39, 0.29) is 18.2 Å². The maximum Gasteiger partial charge on any atom is 0.286 e. The van der Waals surface area contributed by atoms with Gasteiger partial charge in [0.15, 0.2) is 0 Å². The number of hydrazine groups is 1. The number of aromatic nitrogens is 1. The van der Waals surface area contributed by atoms with Crippen LogP contribution in [0.25, 0.3) is 0 Å². The van der Waals surface area contributed by atoms with Crippen molar-refractivity contribution >= 4 is 11.8 Å². The van der Waals surface area contributed by atoms with Crippen LogP contribution in [0, 0.1) is 6.92 Å². The summed E-state index contributed by atoms with van der Waals surface area (Å²) in [5.41, 5.74) is 7.13. The molecule has 5 heteroatoms. The van der Waals surface area contributed by atoms with Crippen LogP contribution in [0.2, 0.25) is 0 Å². The number of amides is 2. The fraction of sp³-hybridized carbons (Fsp3) is 0.143. The number of carbonyl (C=O) groups excluding carboxylic acids is 2. The third-order valence-corrected chi connectivity index (χ3v) is 2.77. The predicted molar refractivity (Wildman–Crippen MR) is 71.3 cm³/mol. The molecule has 1 aromatic carbocycles. The minimum Gasteiger partial charge on any atom is -0.357 e. The highest BCUT2D eigenvalue weighted by Gasteiger charge is 2.08. The van der Waals surface area contributed by atoms with Crippen molar-refractivity contribution in [3.63, 3.8) is 0 Å². The molecule has 0 aliphatic heterocycles. The highest BCUT2D eigenvalue weighted by Crippen LogP contribution is 2.07. The zero-order valence-corrected chi connectivity index (χ0v) is 10.6. The summed E-state index contributed by atoms with van der Waals surface area (Å²) in [6.07, 6.45) is 1.88. The van der Waals surface area contributed by atoms with Gasteiger partial charge in [0.05, 0.1) is 6.42 Å². The van der Waals surface area contributed by atoms with Gasteiger partial charge in [0.2, 0.25) is 5.91 Å². The molecule has 3 N–H and O–H groups in total. The Morgan fingerprint density at radius 3 is 2.58 bits per heavy atom. The summed E-state index contributed by atoms with van der Waals surface area (Å²) in [4.78, 5) is 26.0. The van der Waals surface area contributed by atoms with Gasteiger partial charge >= 0.3 is 0 Å². The van der Waals surface area contributed by atoms with Crippen molar-refractivity contribution in [3.05, 3.63) is 59.4 Å². The molecule has 0 atom stereocenters. The second-order valence-electron chi connectivity index (χ2n) is 4.19. The summed E-state index contributed by atoms with van der Waals surface area (Å²) in [7, 11) is 0. The average Bonchev–Trinajstić information content (AvgIpc) is 2.93. The molecule has 0 aliphatic carbocycles. The van der Waals surface area contributed by atoms with Gasteiger partial charge in [-0.3, -0.25) is 20.4 Å². The van der Waals surface area contributed by atoms with Crippen LogP contribution in [-0.4, -0.2) is 16.8 Å². The van der Waals surface area contributed by atoms with E-state index in [1.165, 1.54) is 0 Å². The maximum atomic E-state index is 11.7. The molecule has 5 nitrogen and oxygen atoms in total. The number of aromatic amines is 1. The van der Waals surface area contributed by atoms with Crippen LogP contribution in [0.5, 0.6) is 0 Å². The van der Waals surface area contributed by atoms with Crippen molar-refractivity contribution in [3.8, 4) is 0 Å². The smallest absolute Gasteiger partial charge is 0.286 e. The topological polar surface area (TPSA) is 74.0 Å². The Bertz CT molecular complexity index is 576. The number of hydrogen-bond donors (Lipinski definition) is 3. The molecule has 0 spiro atoms. The molecule has 2 rings (SSSR count). The third kappa shape index (κ3) is 3.45. The molecule has 0 radical (unpaired) electrons. The van der Waals surface area contributed by atoms with Gasteiger partial charge in [0.1, 0.15) is 5.69 Å². The molecule has 2 amide bonds. The van der Waals surface area contributed by atoms with E-state index >= 15 is 0 Å². The Balaban J connectivity index is 1.86. The zero-order valence-electron chi connectivity index (χ0n) is 10.6. The van der Waals surface area contributed by atoms with Gasteiger partial charge < -0.3 is 4.98 Å². The molecular weight excluding hydrogens is 242 g/mol.